The van der Waals surface area contributed by atoms with Crippen LogP contribution >= 0.6 is 0 Å². The smallest absolute Gasteiger partial charge is 0.121 e. The molecule has 4 nitrogen and oxygen atoms in total. The van der Waals surface area contributed by atoms with Gasteiger partial charge in [-0.2, -0.15) is 0 Å². The Hall–Kier alpha value is -2.46. The van der Waals surface area contributed by atoms with Gasteiger partial charge in [-0.25, -0.2) is 4.68 Å². The Balaban J connectivity index is 2.20. The van der Waals surface area contributed by atoms with Crippen LogP contribution in [0.3, 0.4) is 0 Å². The lowest BCUT2D eigenvalue weighted by Crippen LogP contribution is -2.10. The van der Waals surface area contributed by atoms with E-state index in [9.17, 15) is 0 Å². The molecule has 1 heterocycles. The summed E-state index contributed by atoms with van der Waals surface area (Å²) in [6.07, 6.45) is 0. The molecule has 0 fully saturated rings. The summed E-state index contributed by atoms with van der Waals surface area (Å²) < 4.78 is 1.72. The first-order valence-electron chi connectivity index (χ1n) is 6.14. The highest BCUT2D eigenvalue weighted by molar-refractivity contribution is 5.77. The third-order valence-electron chi connectivity index (χ3n) is 3.00. The summed E-state index contributed by atoms with van der Waals surface area (Å²) in [5, 5.41) is 8.40. The van der Waals surface area contributed by atoms with Gasteiger partial charge in [0.1, 0.15) is 5.69 Å². The number of rotatable bonds is 3. The van der Waals surface area contributed by atoms with Crippen LogP contribution in [0.5, 0.6) is 0 Å². The maximum atomic E-state index is 5.74. The molecule has 2 aromatic carbocycles. The van der Waals surface area contributed by atoms with Gasteiger partial charge in [-0.05, 0) is 0 Å². The highest BCUT2D eigenvalue weighted by Gasteiger charge is 2.15. The normalized spacial score (nSPS) is 10.6. The van der Waals surface area contributed by atoms with Crippen LogP contribution in [0, 0.1) is 0 Å². The largest absolute Gasteiger partial charge is 0.312 e. The van der Waals surface area contributed by atoms with Crippen molar-refractivity contribution in [2.24, 2.45) is 5.73 Å². The van der Waals surface area contributed by atoms with Gasteiger partial charge in [0.2, 0.25) is 0 Å². The van der Waals surface area contributed by atoms with Crippen LogP contribution in [-0.4, -0.2) is 15.0 Å². The molecule has 3 rings (SSSR count). The lowest BCUT2D eigenvalue weighted by Gasteiger charge is -2.06. The Bertz CT molecular complexity index is 659. The second-order valence-electron chi connectivity index (χ2n) is 4.20. The molecule has 2 N–H and O–H groups in total. The molecule has 0 saturated carbocycles. The van der Waals surface area contributed by atoms with Crippen molar-refractivity contribution in [1.82, 2.24) is 15.0 Å². The average Bonchev–Trinajstić information content (AvgIpc) is 2.93. The summed E-state index contributed by atoms with van der Waals surface area (Å²) in [7, 11) is 0. The van der Waals surface area contributed by atoms with E-state index in [2.05, 4.69) is 10.3 Å². The Morgan fingerprint density at radius 1 is 0.842 bits per heavy atom. The first kappa shape index (κ1) is 11.6. The van der Waals surface area contributed by atoms with Crippen molar-refractivity contribution in [1.29, 1.82) is 0 Å². The monoisotopic (exact) mass is 250 g/mol. The topological polar surface area (TPSA) is 56.7 Å². The van der Waals surface area contributed by atoms with Gasteiger partial charge in [-0.1, -0.05) is 65.9 Å². The van der Waals surface area contributed by atoms with Gasteiger partial charge in [0, 0.05) is 11.1 Å². The molecule has 0 bridgehead atoms. The quantitative estimate of drug-likeness (QED) is 0.777. The molecule has 0 saturated heterocycles. The molecule has 0 aliphatic heterocycles. The summed E-state index contributed by atoms with van der Waals surface area (Å²) in [6.45, 7) is 0.310. The zero-order valence-electron chi connectivity index (χ0n) is 10.4. The highest BCUT2D eigenvalue weighted by atomic mass is 15.4. The van der Waals surface area contributed by atoms with Crippen LogP contribution in [0.25, 0.3) is 22.5 Å². The first-order chi connectivity index (χ1) is 9.40. The molecule has 0 atom stereocenters. The van der Waals surface area contributed by atoms with Crippen molar-refractivity contribution in [3.05, 3.63) is 60.7 Å². The molecule has 0 aliphatic carbocycles. The fourth-order valence-electron chi connectivity index (χ4n) is 2.11. The molecule has 0 aliphatic rings. The van der Waals surface area contributed by atoms with Gasteiger partial charge in [0.25, 0.3) is 0 Å². The van der Waals surface area contributed by atoms with E-state index in [-0.39, 0.29) is 0 Å². The lowest BCUT2D eigenvalue weighted by molar-refractivity contribution is 0.614. The van der Waals surface area contributed by atoms with Gasteiger partial charge in [-0.15, -0.1) is 5.10 Å². The van der Waals surface area contributed by atoms with Gasteiger partial charge in [-0.3, -0.25) is 0 Å². The van der Waals surface area contributed by atoms with Crippen LogP contribution in [-0.2, 0) is 6.67 Å². The number of hydrogen-bond donors (Lipinski definition) is 1. The molecular formula is C15H14N4. The molecule has 19 heavy (non-hydrogen) atoms. The van der Waals surface area contributed by atoms with E-state index in [0.29, 0.717) is 6.67 Å². The standard InChI is InChI=1S/C15H14N4/c16-11-19-15(13-9-5-2-6-10-13)14(17-18-19)12-7-3-1-4-8-12/h1-10H,11,16H2. The zero-order valence-corrected chi connectivity index (χ0v) is 10.4. The fourth-order valence-corrected chi connectivity index (χ4v) is 2.11. The van der Waals surface area contributed by atoms with Gasteiger partial charge < -0.3 is 5.73 Å². The summed E-state index contributed by atoms with van der Waals surface area (Å²) in [5.41, 5.74) is 9.66. The maximum Gasteiger partial charge on any atom is 0.121 e. The third-order valence-corrected chi connectivity index (χ3v) is 3.00. The SMILES string of the molecule is NCn1nnc(-c2ccccc2)c1-c1ccccc1. The number of hydrogen-bond acceptors (Lipinski definition) is 3. The minimum absolute atomic E-state index is 0.310. The van der Waals surface area contributed by atoms with Crippen LogP contribution < -0.4 is 5.73 Å². The van der Waals surface area contributed by atoms with Crippen LogP contribution in [0.4, 0.5) is 0 Å². The predicted octanol–water partition coefficient (Wildman–Crippen LogP) is 2.53. The Morgan fingerprint density at radius 2 is 1.42 bits per heavy atom. The summed E-state index contributed by atoms with van der Waals surface area (Å²) >= 11 is 0. The van der Waals surface area contributed by atoms with Gasteiger partial charge in [0.15, 0.2) is 0 Å². The number of nitrogens with two attached hydrogens (primary N) is 1. The second-order valence-corrected chi connectivity index (χ2v) is 4.20. The molecule has 0 spiro atoms. The van der Waals surface area contributed by atoms with Crippen LogP contribution in [0.2, 0.25) is 0 Å². The van der Waals surface area contributed by atoms with E-state index in [0.717, 1.165) is 22.5 Å². The molecule has 4 heteroatoms. The molecule has 0 radical (unpaired) electrons. The van der Waals surface area contributed by atoms with E-state index in [1.807, 2.05) is 60.7 Å². The van der Waals surface area contributed by atoms with Crippen molar-refractivity contribution in [3.8, 4) is 22.5 Å². The lowest BCUT2D eigenvalue weighted by atomic mass is 10.0. The number of aromatic nitrogens is 3. The van der Waals surface area contributed by atoms with Gasteiger partial charge in [0.05, 0.1) is 12.4 Å². The van der Waals surface area contributed by atoms with Gasteiger partial charge >= 0.3 is 0 Å². The zero-order chi connectivity index (χ0) is 13.1. The highest BCUT2D eigenvalue weighted by Crippen LogP contribution is 2.29. The third kappa shape index (κ3) is 2.13. The number of nitrogens with zero attached hydrogens (tertiary/aromatic N) is 3. The van der Waals surface area contributed by atoms with Crippen LogP contribution in [0.15, 0.2) is 60.7 Å². The average molecular weight is 250 g/mol. The Kier molecular flexibility index (Phi) is 3.08. The Labute approximate surface area is 111 Å². The van der Waals surface area contributed by atoms with E-state index < -0.39 is 0 Å². The predicted molar refractivity (Wildman–Crippen MR) is 75.1 cm³/mol. The molecule has 0 unspecified atom stereocenters. The fraction of sp³-hybridized carbons (Fsp3) is 0.0667. The van der Waals surface area contributed by atoms with E-state index in [4.69, 9.17) is 5.73 Å². The number of benzene rings is 2. The van der Waals surface area contributed by atoms with E-state index in [1.54, 1.807) is 4.68 Å². The van der Waals surface area contributed by atoms with Crippen molar-refractivity contribution < 1.29 is 0 Å². The second kappa shape index (κ2) is 5.04. The minimum atomic E-state index is 0.310. The van der Waals surface area contributed by atoms with Crippen molar-refractivity contribution >= 4 is 0 Å². The van der Waals surface area contributed by atoms with Crippen molar-refractivity contribution in [3.63, 3.8) is 0 Å². The van der Waals surface area contributed by atoms with Crippen molar-refractivity contribution in [2.45, 2.75) is 6.67 Å². The minimum Gasteiger partial charge on any atom is -0.312 e. The van der Waals surface area contributed by atoms with E-state index in [1.165, 1.54) is 0 Å². The molecule has 0 amide bonds. The summed E-state index contributed by atoms with van der Waals surface area (Å²) in [5.74, 6) is 0. The molecule has 3 aromatic rings. The molecule has 94 valence electrons. The molecular weight excluding hydrogens is 236 g/mol. The first-order valence-corrected chi connectivity index (χ1v) is 6.14. The van der Waals surface area contributed by atoms with Crippen molar-refractivity contribution in [2.75, 3.05) is 0 Å². The summed E-state index contributed by atoms with van der Waals surface area (Å²) in [6, 6.07) is 20.1. The maximum absolute atomic E-state index is 5.74. The summed E-state index contributed by atoms with van der Waals surface area (Å²) in [4.78, 5) is 0. The van der Waals surface area contributed by atoms with Crippen LogP contribution in [0.1, 0.15) is 0 Å². The molecule has 1 aromatic heterocycles. The Morgan fingerprint density at radius 3 is 2.00 bits per heavy atom. The van der Waals surface area contributed by atoms with E-state index >= 15 is 0 Å².